The lowest BCUT2D eigenvalue weighted by Gasteiger charge is -2.18. The molecule has 2 aromatic carbocycles. The van der Waals surface area contributed by atoms with Crippen LogP contribution in [0.3, 0.4) is 0 Å². The van der Waals surface area contributed by atoms with Crippen LogP contribution in [-0.2, 0) is 19.9 Å². The van der Waals surface area contributed by atoms with Crippen LogP contribution in [0, 0.1) is 0 Å². The third-order valence-electron chi connectivity index (χ3n) is 5.46. The predicted molar refractivity (Wildman–Crippen MR) is 122 cm³/mol. The minimum atomic E-state index is -4.55. The SMILES string of the molecule is Nc1nc2c(-c3ccc(S(=O)(=O)[C@H]4CCNC4)c(S(N)(=O)=O)c3-c3nn[nH]n3)cccc2s1. The summed E-state index contributed by atoms with van der Waals surface area (Å²) >= 11 is 1.27. The van der Waals surface area contributed by atoms with Crippen molar-refractivity contribution in [2.24, 2.45) is 5.14 Å². The zero-order valence-corrected chi connectivity index (χ0v) is 19.3. The van der Waals surface area contributed by atoms with Crippen LogP contribution in [-0.4, -0.2) is 60.8 Å². The van der Waals surface area contributed by atoms with Gasteiger partial charge in [0, 0.05) is 12.1 Å². The Kier molecular flexibility index (Phi) is 5.17. The van der Waals surface area contributed by atoms with Gasteiger partial charge in [-0.15, -0.1) is 10.2 Å². The van der Waals surface area contributed by atoms with Gasteiger partial charge in [-0.3, -0.25) is 0 Å². The number of tetrazole rings is 1. The number of aromatic nitrogens is 5. The summed E-state index contributed by atoms with van der Waals surface area (Å²) in [6.07, 6.45) is 0.350. The molecule has 12 nitrogen and oxygen atoms in total. The first-order chi connectivity index (χ1) is 15.7. The van der Waals surface area contributed by atoms with Gasteiger partial charge in [-0.1, -0.05) is 29.5 Å². The number of nitrogens with one attached hydrogen (secondary N) is 2. The van der Waals surface area contributed by atoms with E-state index in [0.717, 1.165) is 4.70 Å². The summed E-state index contributed by atoms with van der Waals surface area (Å²) in [7, 11) is -8.59. The first-order valence-corrected chi connectivity index (χ1v) is 13.6. The number of nitrogen functional groups attached to an aromatic ring is 1. The van der Waals surface area contributed by atoms with Crippen molar-refractivity contribution in [1.82, 2.24) is 30.9 Å². The van der Waals surface area contributed by atoms with Crippen molar-refractivity contribution in [3.63, 3.8) is 0 Å². The zero-order chi connectivity index (χ0) is 23.4. The van der Waals surface area contributed by atoms with Crippen molar-refractivity contribution in [3.05, 3.63) is 30.3 Å². The van der Waals surface area contributed by atoms with Gasteiger partial charge >= 0.3 is 0 Å². The minimum absolute atomic E-state index is 0.0719. The van der Waals surface area contributed by atoms with Gasteiger partial charge in [-0.25, -0.2) is 27.0 Å². The molecule has 172 valence electrons. The van der Waals surface area contributed by atoms with E-state index in [1.165, 1.54) is 23.5 Å². The largest absolute Gasteiger partial charge is 0.375 e. The number of aromatic amines is 1. The molecule has 0 aliphatic carbocycles. The molecule has 1 saturated heterocycles. The summed E-state index contributed by atoms with van der Waals surface area (Å²) in [5.74, 6) is -0.115. The molecule has 6 N–H and O–H groups in total. The Hall–Kier alpha value is -2.98. The van der Waals surface area contributed by atoms with Crippen LogP contribution in [0.1, 0.15) is 6.42 Å². The lowest BCUT2D eigenvalue weighted by atomic mass is 9.98. The number of nitrogens with two attached hydrogens (primary N) is 2. The van der Waals surface area contributed by atoms with Crippen LogP contribution >= 0.6 is 11.3 Å². The number of para-hydroxylation sites is 1. The fraction of sp³-hybridized carbons (Fsp3) is 0.222. The Bertz CT molecular complexity index is 1570. The van der Waals surface area contributed by atoms with Gasteiger partial charge in [-0.05, 0) is 35.9 Å². The fourth-order valence-electron chi connectivity index (χ4n) is 4.04. The molecule has 1 fully saturated rings. The number of primary sulfonamides is 1. The third-order valence-corrected chi connectivity index (χ3v) is 9.67. The van der Waals surface area contributed by atoms with Gasteiger partial charge in [0.15, 0.2) is 15.0 Å². The standard InChI is InChI=1S/C18H18N8O4S3/c19-18-22-15-11(2-1-3-12(15)31-18)10-4-5-13(32(27,28)9-6-7-21-8-9)16(33(20,29)30)14(10)17-23-25-26-24-17/h1-5,9,21H,6-8H2,(H2,19,22)(H2,20,29,30)(H,23,24,25,26)/t9-/m0/s1. The molecular weight excluding hydrogens is 488 g/mol. The minimum Gasteiger partial charge on any atom is -0.375 e. The van der Waals surface area contributed by atoms with Gasteiger partial charge in [0.2, 0.25) is 15.8 Å². The number of nitrogens with zero attached hydrogens (tertiary/aromatic N) is 4. The molecular formula is C18H18N8O4S3. The number of rotatable bonds is 5. The number of sulfonamides is 1. The lowest BCUT2D eigenvalue weighted by Crippen LogP contribution is -2.27. The van der Waals surface area contributed by atoms with E-state index in [-0.39, 0.29) is 17.9 Å². The maximum atomic E-state index is 13.4. The Balaban J connectivity index is 1.90. The van der Waals surface area contributed by atoms with E-state index in [1.807, 2.05) is 6.07 Å². The number of thiazole rings is 1. The molecule has 1 aliphatic heterocycles. The van der Waals surface area contributed by atoms with Crippen molar-refractivity contribution in [3.8, 4) is 22.5 Å². The first-order valence-electron chi connectivity index (χ1n) is 9.71. The van der Waals surface area contributed by atoms with Crippen molar-refractivity contribution < 1.29 is 16.8 Å². The quantitative estimate of drug-likeness (QED) is 0.295. The predicted octanol–water partition coefficient (Wildman–Crippen LogP) is 0.509. The van der Waals surface area contributed by atoms with Gasteiger partial charge in [0.05, 0.1) is 25.9 Å². The highest BCUT2D eigenvalue weighted by Gasteiger charge is 2.37. The summed E-state index contributed by atoms with van der Waals surface area (Å²) in [5, 5.41) is 21.8. The number of anilines is 1. The van der Waals surface area contributed by atoms with Gasteiger partial charge in [0.1, 0.15) is 4.90 Å². The molecule has 15 heteroatoms. The van der Waals surface area contributed by atoms with E-state index in [0.29, 0.717) is 34.7 Å². The smallest absolute Gasteiger partial charge is 0.240 e. The first kappa shape index (κ1) is 21.8. The molecule has 0 bridgehead atoms. The van der Waals surface area contributed by atoms with E-state index < -0.39 is 34.9 Å². The highest BCUT2D eigenvalue weighted by atomic mass is 32.2. The maximum Gasteiger partial charge on any atom is 0.240 e. The molecule has 33 heavy (non-hydrogen) atoms. The van der Waals surface area contributed by atoms with E-state index in [2.05, 4.69) is 30.9 Å². The monoisotopic (exact) mass is 506 g/mol. The summed E-state index contributed by atoms with van der Waals surface area (Å²) in [6, 6.07) is 8.09. The number of benzene rings is 2. The van der Waals surface area contributed by atoms with E-state index in [4.69, 9.17) is 10.9 Å². The summed E-state index contributed by atoms with van der Waals surface area (Å²) in [6.45, 7) is 0.723. The van der Waals surface area contributed by atoms with Crippen LogP contribution < -0.4 is 16.2 Å². The second-order valence-electron chi connectivity index (χ2n) is 7.46. The zero-order valence-electron chi connectivity index (χ0n) is 16.9. The van der Waals surface area contributed by atoms with Gasteiger partial charge in [-0.2, -0.15) is 5.21 Å². The topological polar surface area (TPSA) is 200 Å². The Morgan fingerprint density at radius 2 is 1.91 bits per heavy atom. The number of hydrogen-bond acceptors (Lipinski definition) is 11. The molecule has 4 aromatic rings. The normalized spacial score (nSPS) is 17.1. The molecule has 1 aliphatic rings. The fourth-order valence-corrected chi connectivity index (χ4v) is 8.07. The molecule has 0 spiro atoms. The molecule has 3 heterocycles. The average Bonchev–Trinajstić information content (AvgIpc) is 3.52. The van der Waals surface area contributed by atoms with Crippen LogP contribution in [0.15, 0.2) is 40.1 Å². The highest BCUT2D eigenvalue weighted by molar-refractivity contribution is 7.94. The number of sulfone groups is 1. The maximum absolute atomic E-state index is 13.4. The van der Waals surface area contributed by atoms with Crippen molar-refractivity contribution in [2.75, 3.05) is 18.8 Å². The Morgan fingerprint density at radius 3 is 2.58 bits per heavy atom. The van der Waals surface area contributed by atoms with Crippen LogP contribution in [0.4, 0.5) is 5.13 Å². The molecule has 1 atom stereocenters. The van der Waals surface area contributed by atoms with Gasteiger partial charge in [0.25, 0.3) is 0 Å². The van der Waals surface area contributed by atoms with Gasteiger partial charge < -0.3 is 11.1 Å². The van der Waals surface area contributed by atoms with E-state index in [1.54, 1.807) is 12.1 Å². The molecule has 2 aromatic heterocycles. The molecule has 0 unspecified atom stereocenters. The summed E-state index contributed by atoms with van der Waals surface area (Å²) < 4.78 is 53.4. The van der Waals surface area contributed by atoms with Crippen molar-refractivity contribution in [1.29, 1.82) is 0 Å². The van der Waals surface area contributed by atoms with E-state index in [9.17, 15) is 16.8 Å². The van der Waals surface area contributed by atoms with Crippen LogP contribution in [0.25, 0.3) is 32.7 Å². The second-order valence-corrected chi connectivity index (χ2v) is 12.2. The third kappa shape index (κ3) is 3.67. The summed E-state index contributed by atoms with van der Waals surface area (Å²) in [5.41, 5.74) is 7.20. The van der Waals surface area contributed by atoms with E-state index >= 15 is 0 Å². The van der Waals surface area contributed by atoms with Crippen molar-refractivity contribution in [2.45, 2.75) is 21.5 Å². The molecule has 0 amide bonds. The molecule has 0 saturated carbocycles. The number of fused-ring (bicyclic) bond motifs is 1. The number of H-pyrrole nitrogens is 1. The highest BCUT2D eigenvalue weighted by Crippen LogP contribution is 2.42. The van der Waals surface area contributed by atoms with Crippen LogP contribution in [0.2, 0.25) is 0 Å². The molecule has 5 rings (SSSR count). The number of hydrogen-bond donors (Lipinski definition) is 4. The summed E-state index contributed by atoms with van der Waals surface area (Å²) in [4.78, 5) is 3.39. The lowest BCUT2D eigenvalue weighted by molar-refractivity contribution is 0.574. The van der Waals surface area contributed by atoms with Crippen molar-refractivity contribution >= 4 is 46.5 Å². The Morgan fingerprint density at radius 1 is 1.09 bits per heavy atom. The average molecular weight is 507 g/mol. The molecule has 0 radical (unpaired) electrons. The Labute approximate surface area is 192 Å². The van der Waals surface area contributed by atoms with Crippen LogP contribution in [0.5, 0.6) is 0 Å². The second kappa shape index (κ2) is 7.81.